The van der Waals surface area contributed by atoms with Crippen molar-refractivity contribution in [1.29, 1.82) is 0 Å². The van der Waals surface area contributed by atoms with Crippen LogP contribution in [0.1, 0.15) is 29.2 Å². The van der Waals surface area contributed by atoms with Gasteiger partial charge in [0.15, 0.2) is 11.8 Å². The summed E-state index contributed by atoms with van der Waals surface area (Å²) in [4.78, 5) is 38.0. The van der Waals surface area contributed by atoms with E-state index in [1.54, 1.807) is 0 Å². The molecule has 0 unspecified atom stereocenters. The highest BCUT2D eigenvalue weighted by atomic mass is 35.5. The summed E-state index contributed by atoms with van der Waals surface area (Å²) in [7, 11) is 0. The van der Waals surface area contributed by atoms with Crippen molar-refractivity contribution in [2.75, 3.05) is 13.2 Å². The zero-order chi connectivity index (χ0) is 19.4. The molecule has 1 fully saturated rings. The maximum Gasteiger partial charge on any atom is 0.251 e. The lowest BCUT2D eigenvalue weighted by Gasteiger charge is -2.20. The van der Waals surface area contributed by atoms with Gasteiger partial charge in [0.1, 0.15) is 5.82 Å². The first-order chi connectivity index (χ1) is 13.0. The van der Waals surface area contributed by atoms with E-state index in [9.17, 15) is 18.8 Å². The highest BCUT2D eigenvalue weighted by molar-refractivity contribution is 6.30. The van der Waals surface area contributed by atoms with E-state index in [1.165, 1.54) is 30.5 Å². The topological polar surface area (TPSA) is 77.4 Å². The van der Waals surface area contributed by atoms with E-state index in [0.717, 1.165) is 29.5 Å². The summed E-state index contributed by atoms with van der Waals surface area (Å²) in [5.74, 6) is -1.79. The predicted octanol–water partition coefficient (Wildman–Crippen LogP) is 2.36. The van der Waals surface area contributed by atoms with Crippen LogP contribution in [0.25, 0.3) is 0 Å². The van der Waals surface area contributed by atoms with E-state index < -0.39 is 29.1 Å². The Bertz CT molecular complexity index is 891. The number of benzene rings is 1. The van der Waals surface area contributed by atoms with Gasteiger partial charge in [0.05, 0.1) is 11.1 Å². The molecule has 8 heteroatoms. The molecule has 0 saturated carbocycles. The van der Waals surface area contributed by atoms with Crippen LogP contribution in [0.5, 0.6) is 0 Å². The Morgan fingerprint density at radius 3 is 2.67 bits per heavy atom. The number of aromatic nitrogens is 1. The smallest absolute Gasteiger partial charge is 0.251 e. The number of hydrogen-bond donors (Lipinski definition) is 1. The number of carbonyl (C=O) groups is 2. The van der Waals surface area contributed by atoms with Gasteiger partial charge in [-0.15, -0.1) is 0 Å². The van der Waals surface area contributed by atoms with Gasteiger partial charge in [0.2, 0.25) is 0 Å². The van der Waals surface area contributed by atoms with Crippen LogP contribution in [-0.4, -0.2) is 35.5 Å². The number of rotatable bonds is 6. The SMILES string of the molecule is O=C(NC[C@H]1CCCO1)[C@H](C(=O)c1ccc(F)cc1)n1cc(Cl)ccc1=O. The molecule has 27 heavy (non-hydrogen) atoms. The number of Topliss-reactive ketones (excluding diaryl/α,β-unsaturated/α-hetero) is 1. The summed E-state index contributed by atoms with van der Waals surface area (Å²) in [6, 6.07) is 5.89. The lowest BCUT2D eigenvalue weighted by Crippen LogP contribution is -2.43. The van der Waals surface area contributed by atoms with Crippen LogP contribution in [0.4, 0.5) is 4.39 Å². The predicted molar refractivity (Wildman–Crippen MR) is 97.5 cm³/mol. The van der Waals surface area contributed by atoms with E-state index in [0.29, 0.717) is 6.61 Å². The zero-order valence-corrected chi connectivity index (χ0v) is 15.1. The minimum Gasteiger partial charge on any atom is -0.376 e. The first kappa shape index (κ1) is 19.3. The van der Waals surface area contributed by atoms with E-state index in [1.807, 2.05) is 0 Å². The summed E-state index contributed by atoms with van der Waals surface area (Å²) in [6.07, 6.45) is 2.84. The number of nitrogens with zero attached hydrogens (tertiary/aromatic N) is 1. The normalized spacial score (nSPS) is 17.5. The Kier molecular flexibility index (Phi) is 6.03. The van der Waals surface area contributed by atoms with E-state index >= 15 is 0 Å². The van der Waals surface area contributed by atoms with Crippen molar-refractivity contribution in [3.8, 4) is 0 Å². The number of pyridine rings is 1. The van der Waals surface area contributed by atoms with Crippen LogP contribution in [0, 0.1) is 5.82 Å². The van der Waals surface area contributed by atoms with Gasteiger partial charge in [-0.1, -0.05) is 11.6 Å². The fourth-order valence-corrected chi connectivity index (χ4v) is 3.11. The second-order valence-corrected chi connectivity index (χ2v) is 6.68. The molecule has 1 aliphatic rings. The number of amides is 1. The maximum absolute atomic E-state index is 13.2. The molecule has 0 aliphatic carbocycles. The van der Waals surface area contributed by atoms with Crippen LogP contribution in [0.15, 0.2) is 47.4 Å². The Morgan fingerprint density at radius 1 is 1.26 bits per heavy atom. The molecule has 1 aliphatic heterocycles. The Hall–Kier alpha value is -2.51. The standard InChI is InChI=1S/C19H18ClFN2O4/c20-13-5-8-16(24)23(11-13)17(18(25)12-3-6-14(21)7-4-12)19(26)22-10-15-2-1-9-27-15/h3-8,11,15,17H,1-2,9-10H2,(H,22,26)/t15-,17+/m1/s1. The molecule has 0 spiro atoms. The highest BCUT2D eigenvalue weighted by Gasteiger charge is 2.31. The van der Waals surface area contributed by atoms with Gasteiger partial charge in [-0.3, -0.25) is 19.0 Å². The Balaban J connectivity index is 1.91. The third kappa shape index (κ3) is 4.61. The van der Waals surface area contributed by atoms with Crippen molar-refractivity contribution >= 4 is 23.3 Å². The molecule has 1 aromatic heterocycles. The molecular weight excluding hydrogens is 375 g/mol. The van der Waals surface area contributed by atoms with E-state index in [-0.39, 0.29) is 23.2 Å². The first-order valence-corrected chi connectivity index (χ1v) is 8.90. The third-order valence-corrected chi connectivity index (χ3v) is 4.56. The lowest BCUT2D eigenvalue weighted by atomic mass is 10.0. The molecule has 3 rings (SSSR count). The molecule has 6 nitrogen and oxygen atoms in total. The van der Waals surface area contributed by atoms with Crippen molar-refractivity contribution in [1.82, 2.24) is 9.88 Å². The van der Waals surface area contributed by atoms with Crippen molar-refractivity contribution in [2.24, 2.45) is 0 Å². The van der Waals surface area contributed by atoms with Gasteiger partial charge in [-0.25, -0.2) is 4.39 Å². The monoisotopic (exact) mass is 392 g/mol. The Labute approximate surface area is 159 Å². The molecule has 1 amide bonds. The van der Waals surface area contributed by atoms with Crippen LogP contribution in [0.3, 0.4) is 0 Å². The third-order valence-electron chi connectivity index (χ3n) is 4.33. The van der Waals surface area contributed by atoms with Crippen LogP contribution < -0.4 is 10.9 Å². The molecule has 142 valence electrons. The molecule has 2 aromatic rings. The average Bonchev–Trinajstić information content (AvgIpc) is 3.17. The molecule has 1 saturated heterocycles. The maximum atomic E-state index is 13.2. The summed E-state index contributed by atoms with van der Waals surface area (Å²) in [5, 5.41) is 2.88. The number of hydrogen-bond acceptors (Lipinski definition) is 4. The number of nitrogens with one attached hydrogen (secondary N) is 1. The molecule has 1 aromatic carbocycles. The fraction of sp³-hybridized carbons (Fsp3) is 0.316. The summed E-state index contributed by atoms with van der Waals surface area (Å²) < 4.78 is 19.6. The van der Waals surface area contributed by atoms with Crippen LogP contribution in [-0.2, 0) is 9.53 Å². The van der Waals surface area contributed by atoms with Gasteiger partial charge in [-0.2, -0.15) is 0 Å². The van der Waals surface area contributed by atoms with Crippen LogP contribution in [0.2, 0.25) is 5.02 Å². The number of halogens is 2. The van der Waals surface area contributed by atoms with E-state index in [2.05, 4.69) is 5.32 Å². The van der Waals surface area contributed by atoms with Gasteiger partial charge < -0.3 is 10.1 Å². The lowest BCUT2D eigenvalue weighted by molar-refractivity contribution is -0.123. The van der Waals surface area contributed by atoms with Gasteiger partial charge in [0, 0.05) is 31.0 Å². The summed E-state index contributed by atoms with van der Waals surface area (Å²) in [6.45, 7) is 0.869. The minimum absolute atomic E-state index is 0.112. The molecular formula is C19H18ClFN2O4. The molecule has 1 N–H and O–H groups in total. The largest absolute Gasteiger partial charge is 0.376 e. The zero-order valence-electron chi connectivity index (χ0n) is 14.4. The minimum atomic E-state index is -1.46. The van der Waals surface area contributed by atoms with Crippen molar-refractivity contribution < 1.29 is 18.7 Å². The van der Waals surface area contributed by atoms with Gasteiger partial charge in [-0.05, 0) is 43.2 Å². The van der Waals surface area contributed by atoms with Crippen molar-refractivity contribution in [3.05, 3.63) is 69.4 Å². The highest BCUT2D eigenvalue weighted by Crippen LogP contribution is 2.17. The fourth-order valence-electron chi connectivity index (χ4n) is 2.94. The molecule has 0 radical (unpaired) electrons. The number of ether oxygens (including phenoxy) is 1. The second-order valence-electron chi connectivity index (χ2n) is 6.25. The number of carbonyl (C=O) groups excluding carboxylic acids is 2. The average molecular weight is 393 g/mol. The van der Waals surface area contributed by atoms with Crippen molar-refractivity contribution in [2.45, 2.75) is 25.0 Å². The van der Waals surface area contributed by atoms with E-state index in [4.69, 9.17) is 16.3 Å². The number of ketones is 1. The molecule has 2 heterocycles. The first-order valence-electron chi connectivity index (χ1n) is 8.52. The van der Waals surface area contributed by atoms with Gasteiger partial charge >= 0.3 is 0 Å². The van der Waals surface area contributed by atoms with Crippen LogP contribution >= 0.6 is 11.6 Å². The Morgan fingerprint density at radius 2 is 2.00 bits per heavy atom. The summed E-state index contributed by atoms with van der Waals surface area (Å²) >= 11 is 5.95. The second kappa shape index (κ2) is 8.45. The van der Waals surface area contributed by atoms with Gasteiger partial charge in [0.25, 0.3) is 11.5 Å². The molecule has 2 atom stereocenters. The molecule has 0 bridgehead atoms. The quantitative estimate of drug-likeness (QED) is 0.604. The summed E-state index contributed by atoms with van der Waals surface area (Å²) in [5.41, 5.74) is -0.437. The van der Waals surface area contributed by atoms with Crippen molar-refractivity contribution in [3.63, 3.8) is 0 Å².